The van der Waals surface area contributed by atoms with Crippen LogP contribution in [0.1, 0.15) is 24.0 Å². The van der Waals surface area contributed by atoms with Crippen LogP contribution in [0.4, 0.5) is 17.2 Å². The smallest absolute Gasteiger partial charge is 0.170 e. The van der Waals surface area contributed by atoms with Gasteiger partial charge in [0.15, 0.2) is 5.11 Å². The molecule has 3 aromatic rings. The summed E-state index contributed by atoms with van der Waals surface area (Å²) in [6.45, 7) is 4.24. The molecule has 0 saturated carbocycles. The van der Waals surface area contributed by atoms with E-state index in [1.807, 2.05) is 36.4 Å². The van der Waals surface area contributed by atoms with Crippen LogP contribution in [-0.2, 0) is 10.2 Å². The van der Waals surface area contributed by atoms with E-state index in [9.17, 15) is 0 Å². The Morgan fingerprint density at radius 1 is 1.06 bits per heavy atom. The predicted octanol–water partition coefficient (Wildman–Crippen LogP) is 5.82. The molecule has 1 saturated heterocycles. The third kappa shape index (κ3) is 5.76. The van der Waals surface area contributed by atoms with Crippen molar-refractivity contribution in [2.75, 3.05) is 30.4 Å². The molecule has 3 N–H and O–H groups in total. The summed E-state index contributed by atoms with van der Waals surface area (Å²) in [5.41, 5.74) is 4.22. The maximum atomic E-state index is 6.26. The molecule has 2 aromatic carbocycles. The highest BCUT2D eigenvalue weighted by Gasteiger charge is 2.34. The van der Waals surface area contributed by atoms with Gasteiger partial charge in [-0.15, -0.1) is 0 Å². The van der Waals surface area contributed by atoms with E-state index in [1.165, 1.54) is 11.1 Å². The average Bonchev–Trinajstić information content (AvgIpc) is 2.81. The Morgan fingerprint density at radius 2 is 1.81 bits per heavy atom. The summed E-state index contributed by atoms with van der Waals surface area (Å²) in [7, 11) is 0. The van der Waals surface area contributed by atoms with E-state index in [4.69, 9.17) is 28.6 Å². The van der Waals surface area contributed by atoms with Crippen molar-refractivity contribution in [3.63, 3.8) is 0 Å². The van der Waals surface area contributed by atoms with Gasteiger partial charge in [-0.1, -0.05) is 41.4 Å². The lowest BCUT2D eigenvalue weighted by atomic mass is 9.74. The molecule has 0 spiro atoms. The summed E-state index contributed by atoms with van der Waals surface area (Å²) in [6.07, 6.45) is 3.61. The zero-order chi connectivity index (χ0) is 22.4. The maximum Gasteiger partial charge on any atom is 0.170 e. The number of aromatic nitrogens is 1. The Kier molecular flexibility index (Phi) is 7.25. The zero-order valence-corrected chi connectivity index (χ0v) is 19.6. The molecular formula is C25H27ClN4OS. The molecule has 166 valence electrons. The molecule has 4 rings (SSSR count). The Bertz CT molecular complexity index is 1050. The number of nitrogens with one attached hydrogen (secondary N) is 3. The van der Waals surface area contributed by atoms with Crippen molar-refractivity contribution in [3.05, 3.63) is 83.0 Å². The number of hydrogen-bond acceptors (Lipinski definition) is 4. The molecule has 5 nitrogen and oxygen atoms in total. The number of pyridine rings is 1. The first-order valence-corrected chi connectivity index (χ1v) is 11.5. The van der Waals surface area contributed by atoms with E-state index in [2.05, 4.69) is 52.1 Å². The van der Waals surface area contributed by atoms with Crippen molar-refractivity contribution < 1.29 is 4.74 Å². The van der Waals surface area contributed by atoms with Crippen molar-refractivity contribution in [3.8, 4) is 0 Å². The predicted molar refractivity (Wildman–Crippen MR) is 136 cm³/mol. The minimum Gasteiger partial charge on any atom is -0.381 e. The van der Waals surface area contributed by atoms with Crippen LogP contribution in [0.25, 0.3) is 0 Å². The van der Waals surface area contributed by atoms with Crippen molar-refractivity contribution >= 4 is 46.1 Å². The third-order valence-corrected chi connectivity index (χ3v) is 6.30. The van der Waals surface area contributed by atoms with Crippen molar-refractivity contribution in [1.82, 2.24) is 10.3 Å². The quantitative estimate of drug-likeness (QED) is 0.398. The summed E-state index contributed by atoms with van der Waals surface area (Å²) >= 11 is 11.8. The van der Waals surface area contributed by atoms with Crippen LogP contribution in [0.5, 0.6) is 0 Å². The van der Waals surface area contributed by atoms with Gasteiger partial charge >= 0.3 is 0 Å². The molecule has 1 fully saturated rings. The van der Waals surface area contributed by atoms with Crippen LogP contribution < -0.4 is 16.0 Å². The third-order valence-electron chi connectivity index (χ3n) is 5.82. The number of rotatable bonds is 6. The first-order valence-electron chi connectivity index (χ1n) is 10.7. The van der Waals surface area contributed by atoms with Gasteiger partial charge in [-0.25, -0.2) is 4.98 Å². The van der Waals surface area contributed by atoms with Crippen LogP contribution in [0.15, 0.2) is 66.9 Å². The molecule has 0 amide bonds. The van der Waals surface area contributed by atoms with Gasteiger partial charge in [0.1, 0.15) is 5.82 Å². The summed E-state index contributed by atoms with van der Waals surface area (Å²) in [6, 6.07) is 20.2. The number of anilines is 3. The van der Waals surface area contributed by atoms with Crippen LogP contribution >= 0.6 is 23.8 Å². The van der Waals surface area contributed by atoms with E-state index in [-0.39, 0.29) is 5.41 Å². The number of nitrogens with zero attached hydrogens (tertiary/aromatic N) is 1. The second-order valence-electron chi connectivity index (χ2n) is 8.13. The summed E-state index contributed by atoms with van der Waals surface area (Å²) in [5.74, 6) is 0.778. The molecule has 0 aliphatic carbocycles. The largest absolute Gasteiger partial charge is 0.381 e. The first kappa shape index (κ1) is 22.5. The Morgan fingerprint density at radius 3 is 2.50 bits per heavy atom. The molecule has 0 bridgehead atoms. The molecule has 7 heteroatoms. The van der Waals surface area contributed by atoms with Gasteiger partial charge in [-0.2, -0.15) is 0 Å². The van der Waals surface area contributed by atoms with Gasteiger partial charge in [0.25, 0.3) is 0 Å². The van der Waals surface area contributed by atoms with Crippen molar-refractivity contribution in [2.24, 2.45) is 0 Å². The Labute approximate surface area is 199 Å². The highest BCUT2D eigenvalue weighted by Crippen LogP contribution is 2.35. The summed E-state index contributed by atoms with van der Waals surface area (Å²) in [4.78, 5) is 4.48. The molecule has 0 unspecified atom stereocenters. The minimum absolute atomic E-state index is 0.0606. The fourth-order valence-electron chi connectivity index (χ4n) is 3.90. The molecule has 1 aliphatic heterocycles. The monoisotopic (exact) mass is 466 g/mol. The number of aryl methyl sites for hydroxylation is 1. The van der Waals surface area contributed by atoms with E-state index < -0.39 is 0 Å². The van der Waals surface area contributed by atoms with E-state index in [1.54, 1.807) is 6.20 Å². The lowest BCUT2D eigenvalue weighted by molar-refractivity contribution is 0.0515. The normalized spacial score (nSPS) is 15.1. The second-order valence-corrected chi connectivity index (χ2v) is 8.98. The number of hydrogen-bond donors (Lipinski definition) is 3. The van der Waals surface area contributed by atoms with Crippen LogP contribution in [-0.4, -0.2) is 29.9 Å². The SMILES string of the molecule is Cc1ccc(Nc2ccc(NC(=S)NCC3(c4cccc(Cl)c4)CCOCC3)cn2)cc1. The molecule has 0 atom stereocenters. The fourth-order valence-corrected chi connectivity index (χ4v) is 4.28. The molecule has 1 aromatic heterocycles. The van der Waals surface area contributed by atoms with Gasteiger partial charge in [0, 0.05) is 35.9 Å². The molecule has 2 heterocycles. The molecule has 0 radical (unpaired) electrons. The van der Waals surface area contributed by atoms with Crippen molar-refractivity contribution in [2.45, 2.75) is 25.2 Å². The molecule has 1 aliphatic rings. The Balaban J connectivity index is 1.35. The summed E-state index contributed by atoms with van der Waals surface area (Å²) in [5, 5.41) is 11.2. The van der Waals surface area contributed by atoms with E-state index in [0.717, 1.165) is 48.3 Å². The average molecular weight is 467 g/mol. The lowest BCUT2D eigenvalue weighted by Gasteiger charge is -2.38. The van der Waals surface area contributed by atoms with Crippen molar-refractivity contribution in [1.29, 1.82) is 0 Å². The number of ether oxygens (including phenoxy) is 1. The maximum absolute atomic E-state index is 6.26. The highest BCUT2D eigenvalue weighted by atomic mass is 35.5. The van der Waals surface area contributed by atoms with E-state index >= 15 is 0 Å². The summed E-state index contributed by atoms with van der Waals surface area (Å²) < 4.78 is 5.62. The Hall–Kier alpha value is -2.67. The fraction of sp³-hybridized carbons (Fsp3) is 0.280. The number of benzene rings is 2. The van der Waals surface area contributed by atoms with Crippen LogP contribution in [0, 0.1) is 6.92 Å². The van der Waals surface area contributed by atoms with Crippen LogP contribution in [0.3, 0.4) is 0 Å². The highest BCUT2D eigenvalue weighted by molar-refractivity contribution is 7.80. The minimum atomic E-state index is -0.0606. The van der Waals surface area contributed by atoms with Gasteiger partial charge in [0.2, 0.25) is 0 Å². The molecular weight excluding hydrogens is 440 g/mol. The topological polar surface area (TPSA) is 58.2 Å². The second kappa shape index (κ2) is 10.3. The lowest BCUT2D eigenvalue weighted by Crippen LogP contribution is -2.45. The van der Waals surface area contributed by atoms with Gasteiger partial charge < -0.3 is 20.7 Å². The zero-order valence-electron chi connectivity index (χ0n) is 18.0. The number of thiocarbonyl (C=S) groups is 1. The number of halogens is 1. The van der Waals surface area contributed by atoms with E-state index in [0.29, 0.717) is 11.7 Å². The first-order chi connectivity index (χ1) is 15.5. The molecule has 32 heavy (non-hydrogen) atoms. The van der Waals surface area contributed by atoms with Gasteiger partial charge in [-0.3, -0.25) is 0 Å². The standard InChI is InChI=1S/C25H27ClN4OS/c1-18-5-7-21(8-6-18)29-23-10-9-22(16-27-23)30-24(32)28-17-25(11-13-31-14-12-25)19-3-2-4-20(26)15-19/h2-10,15-16H,11-14,17H2,1H3,(H,27,29)(H2,28,30,32). The van der Waals surface area contributed by atoms with Gasteiger partial charge in [0.05, 0.1) is 11.9 Å². The van der Waals surface area contributed by atoms with Gasteiger partial charge in [-0.05, 0) is 73.9 Å². The van der Waals surface area contributed by atoms with Crippen LogP contribution in [0.2, 0.25) is 5.02 Å².